The Kier molecular flexibility index (Phi) is 6.09. The summed E-state index contributed by atoms with van der Waals surface area (Å²) in [6.07, 6.45) is 6.21. The van der Waals surface area contributed by atoms with Gasteiger partial charge in [-0.05, 0) is 55.4 Å². The van der Waals surface area contributed by atoms with E-state index in [0.29, 0.717) is 35.2 Å². The number of rotatable bonds is 5. The van der Waals surface area contributed by atoms with Gasteiger partial charge >= 0.3 is 0 Å². The van der Waals surface area contributed by atoms with Crippen LogP contribution < -0.4 is 5.32 Å². The average molecular weight is 500 g/mol. The summed E-state index contributed by atoms with van der Waals surface area (Å²) in [5.41, 5.74) is 2.83. The van der Waals surface area contributed by atoms with Crippen molar-refractivity contribution in [1.29, 1.82) is 0 Å². The van der Waals surface area contributed by atoms with Gasteiger partial charge in [-0.3, -0.25) is 9.59 Å². The maximum atomic E-state index is 14.0. The van der Waals surface area contributed by atoms with E-state index in [1.807, 2.05) is 66.4 Å². The molecule has 6 rings (SSSR count). The van der Waals surface area contributed by atoms with Crippen LogP contribution in [-0.2, 0) is 0 Å². The number of carbonyl (C=O) groups is 2. The number of aromatic nitrogens is 1. The second kappa shape index (κ2) is 9.54. The highest BCUT2D eigenvalue weighted by atomic mass is 32.1. The van der Waals surface area contributed by atoms with Gasteiger partial charge in [-0.15, -0.1) is 11.3 Å². The molecule has 2 aromatic carbocycles. The molecule has 3 unspecified atom stereocenters. The molecule has 36 heavy (non-hydrogen) atoms. The van der Waals surface area contributed by atoms with E-state index in [0.717, 1.165) is 40.2 Å². The average Bonchev–Trinajstić information content (AvgIpc) is 3.64. The van der Waals surface area contributed by atoms with Crippen molar-refractivity contribution in [3.8, 4) is 10.4 Å². The fourth-order valence-corrected chi connectivity index (χ4v) is 6.98. The van der Waals surface area contributed by atoms with Crippen LogP contribution in [0.4, 0.5) is 0 Å². The highest BCUT2D eigenvalue weighted by Gasteiger charge is 2.45. The number of likely N-dealkylation sites (tertiary alicyclic amines) is 1. The Morgan fingerprint density at radius 2 is 1.92 bits per heavy atom. The second-order valence-corrected chi connectivity index (χ2v) is 11.1. The summed E-state index contributed by atoms with van der Waals surface area (Å²) in [6, 6.07) is 17.3. The number of nitrogens with zero attached hydrogens (tertiary/aromatic N) is 2. The molecule has 3 heterocycles. The molecule has 2 aliphatic rings. The maximum absolute atomic E-state index is 14.0. The predicted octanol–water partition coefficient (Wildman–Crippen LogP) is 5.93. The van der Waals surface area contributed by atoms with Crippen molar-refractivity contribution < 1.29 is 14.0 Å². The Morgan fingerprint density at radius 3 is 2.78 bits per heavy atom. The number of hydrogen-bond donors (Lipinski definition) is 1. The number of thiazole rings is 1. The van der Waals surface area contributed by atoms with Crippen molar-refractivity contribution in [3.05, 3.63) is 77.1 Å². The standard InChI is InChI=1S/C29H29N3O3S/c1-18-31-26(27(36-18)19-8-3-2-4-9-19)29(34)32-17-20-10-5-6-11-21(20)24(32)16-30-28(33)23-12-7-13-25-22(23)14-15-35-25/h2-4,7-9,12-15,20-21,24H,5-6,10-11,16-17H2,1H3,(H,30,33). The molecule has 184 valence electrons. The molecule has 7 heteroatoms. The van der Waals surface area contributed by atoms with Crippen LogP contribution in [0.15, 0.2) is 65.3 Å². The number of carbonyl (C=O) groups excluding carboxylic acids is 2. The lowest BCUT2D eigenvalue weighted by molar-refractivity contribution is 0.0699. The maximum Gasteiger partial charge on any atom is 0.274 e. The SMILES string of the molecule is Cc1nc(C(=O)N2CC3CCCCC3C2CNC(=O)c2cccc3occc23)c(-c2ccccc2)s1. The van der Waals surface area contributed by atoms with E-state index in [-0.39, 0.29) is 17.9 Å². The summed E-state index contributed by atoms with van der Waals surface area (Å²) < 4.78 is 5.47. The van der Waals surface area contributed by atoms with Crippen LogP contribution in [0.5, 0.6) is 0 Å². The van der Waals surface area contributed by atoms with E-state index < -0.39 is 0 Å². The van der Waals surface area contributed by atoms with Gasteiger partial charge in [-0.2, -0.15) is 0 Å². The lowest BCUT2D eigenvalue weighted by Crippen LogP contribution is -2.46. The van der Waals surface area contributed by atoms with Crippen LogP contribution in [0.2, 0.25) is 0 Å². The smallest absolute Gasteiger partial charge is 0.274 e. The first-order valence-electron chi connectivity index (χ1n) is 12.7. The minimum Gasteiger partial charge on any atom is -0.464 e. The molecule has 0 bridgehead atoms. The molecule has 1 N–H and O–H groups in total. The first kappa shape index (κ1) is 23.0. The summed E-state index contributed by atoms with van der Waals surface area (Å²) >= 11 is 1.56. The molecular weight excluding hydrogens is 470 g/mol. The first-order valence-corrected chi connectivity index (χ1v) is 13.5. The number of benzene rings is 2. The lowest BCUT2D eigenvalue weighted by atomic mass is 9.78. The minimum atomic E-state index is -0.136. The molecule has 1 saturated heterocycles. The third kappa shape index (κ3) is 4.11. The summed E-state index contributed by atoms with van der Waals surface area (Å²) in [5.74, 6) is 0.710. The van der Waals surface area contributed by atoms with Crippen LogP contribution >= 0.6 is 11.3 Å². The van der Waals surface area contributed by atoms with E-state index in [4.69, 9.17) is 4.42 Å². The Hall–Kier alpha value is -3.45. The third-order valence-corrected chi connectivity index (χ3v) is 8.76. The summed E-state index contributed by atoms with van der Waals surface area (Å²) in [5, 5.41) is 4.83. The van der Waals surface area contributed by atoms with Gasteiger partial charge in [0.25, 0.3) is 11.8 Å². The van der Waals surface area contributed by atoms with Crippen molar-refractivity contribution in [1.82, 2.24) is 15.2 Å². The van der Waals surface area contributed by atoms with Crippen LogP contribution in [0.1, 0.15) is 51.5 Å². The molecule has 0 radical (unpaired) electrons. The van der Waals surface area contributed by atoms with Crippen molar-refractivity contribution in [3.63, 3.8) is 0 Å². The quantitative estimate of drug-likeness (QED) is 0.370. The Balaban J connectivity index is 1.28. The zero-order valence-corrected chi connectivity index (χ0v) is 21.1. The largest absolute Gasteiger partial charge is 0.464 e. The van der Waals surface area contributed by atoms with Crippen molar-refractivity contribution in [2.45, 2.75) is 38.6 Å². The van der Waals surface area contributed by atoms with Gasteiger partial charge in [0.1, 0.15) is 11.3 Å². The van der Waals surface area contributed by atoms with Gasteiger partial charge in [-0.25, -0.2) is 4.98 Å². The molecule has 4 aromatic rings. The van der Waals surface area contributed by atoms with Gasteiger partial charge in [0.2, 0.25) is 0 Å². The lowest BCUT2D eigenvalue weighted by Gasteiger charge is -2.30. The molecule has 2 amide bonds. The molecule has 1 aliphatic carbocycles. The third-order valence-electron chi connectivity index (χ3n) is 7.74. The number of hydrogen-bond acceptors (Lipinski definition) is 5. The van der Waals surface area contributed by atoms with Gasteiger partial charge in [0.15, 0.2) is 0 Å². The zero-order chi connectivity index (χ0) is 24.6. The Labute approximate surface area is 214 Å². The van der Waals surface area contributed by atoms with Crippen molar-refractivity contribution >= 4 is 34.1 Å². The summed E-state index contributed by atoms with van der Waals surface area (Å²) in [4.78, 5) is 34.8. The number of aryl methyl sites for hydroxylation is 1. The normalized spacial score (nSPS) is 21.5. The fourth-order valence-electron chi connectivity index (χ4n) is 6.06. The van der Waals surface area contributed by atoms with Crippen LogP contribution in [0, 0.1) is 18.8 Å². The fraction of sp³-hybridized carbons (Fsp3) is 0.345. The highest BCUT2D eigenvalue weighted by molar-refractivity contribution is 7.15. The summed E-state index contributed by atoms with van der Waals surface area (Å²) in [7, 11) is 0. The molecule has 6 nitrogen and oxygen atoms in total. The van der Waals surface area contributed by atoms with E-state index in [2.05, 4.69) is 10.3 Å². The molecule has 2 fully saturated rings. The zero-order valence-electron chi connectivity index (χ0n) is 20.3. The monoisotopic (exact) mass is 499 g/mol. The van der Waals surface area contributed by atoms with Crippen LogP contribution in [0.25, 0.3) is 21.4 Å². The van der Waals surface area contributed by atoms with Crippen molar-refractivity contribution in [2.24, 2.45) is 11.8 Å². The van der Waals surface area contributed by atoms with Crippen LogP contribution in [0.3, 0.4) is 0 Å². The number of fused-ring (bicyclic) bond motifs is 2. The van der Waals surface area contributed by atoms with E-state index in [1.54, 1.807) is 17.6 Å². The highest BCUT2D eigenvalue weighted by Crippen LogP contribution is 2.42. The Morgan fingerprint density at radius 1 is 1.08 bits per heavy atom. The van der Waals surface area contributed by atoms with E-state index in [9.17, 15) is 9.59 Å². The molecule has 3 atom stereocenters. The molecule has 1 aliphatic heterocycles. The van der Waals surface area contributed by atoms with Gasteiger partial charge in [0.05, 0.1) is 27.8 Å². The van der Waals surface area contributed by atoms with Gasteiger partial charge in [-0.1, -0.05) is 49.2 Å². The molecule has 0 spiro atoms. The number of amides is 2. The topological polar surface area (TPSA) is 75.4 Å². The predicted molar refractivity (Wildman–Crippen MR) is 141 cm³/mol. The van der Waals surface area contributed by atoms with Gasteiger partial charge < -0.3 is 14.6 Å². The van der Waals surface area contributed by atoms with Crippen molar-refractivity contribution in [2.75, 3.05) is 13.1 Å². The van der Waals surface area contributed by atoms with Crippen LogP contribution in [-0.4, -0.2) is 40.8 Å². The molecule has 2 aromatic heterocycles. The summed E-state index contributed by atoms with van der Waals surface area (Å²) in [6.45, 7) is 3.11. The molecular formula is C29H29N3O3S. The molecule has 1 saturated carbocycles. The number of nitrogens with one attached hydrogen (secondary N) is 1. The Bertz CT molecular complexity index is 1410. The van der Waals surface area contributed by atoms with E-state index in [1.165, 1.54) is 12.8 Å². The number of furan rings is 1. The van der Waals surface area contributed by atoms with Gasteiger partial charge in [0, 0.05) is 18.5 Å². The first-order chi connectivity index (χ1) is 17.6. The second-order valence-electron chi connectivity index (χ2n) is 9.86. The van der Waals surface area contributed by atoms with E-state index >= 15 is 0 Å². The minimum absolute atomic E-state index is 0.0243.